The molecular weight excluding hydrogens is 356 g/mol. The zero-order valence-corrected chi connectivity index (χ0v) is 15.0. The Hall–Kier alpha value is -3.58. The summed E-state index contributed by atoms with van der Waals surface area (Å²) in [6, 6.07) is 14.2. The van der Waals surface area contributed by atoms with Gasteiger partial charge in [0.1, 0.15) is 6.04 Å². The number of aromatic amines is 2. The number of amides is 1. The molecule has 2 atom stereocenters. The van der Waals surface area contributed by atoms with Gasteiger partial charge >= 0.3 is 5.97 Å². The number of benzene rings is 2. The third-order valence-corrected chi connectivity index (χ3v) is 4.81. The minimum Gasteiger partial charge on any atom is -0.446 e. The number of para-hydroxylation sites is 2. The maximum absolute atomic E-state index is 12.6. The smallest absolute Gasteiger partial charge is 0.324 e. The molecule has 28 heavy (non-hydrogen) atoms. The molecule has 4 rings (SSSR count). The number of esters is 1. The second-order valence-corrected chi connectivity index (χ2v) is 6.68. The van der Waals surface area contributed by atoms with Crippen molar-refractivity contribution in [2.45, 2.75) is 18.6 Å². The molecule has 4 aromatic rings. The Labute approximate surface area is 160 Å². The summed E-state index contributed by atoms with van der Waals surface area (Å²) in [6.45, 7) is 0. The predicted octanol–water partition coefficient (Wildman–Crippen LogP) is 2.29. The first-order chi connectivity index (χ1) is 13.5. The van der Waals surface area contributed by atoms with E-state index < -0.39 is 24.0 Å². The van der Waals surface area contributed by atoms with Crippen molar-refractivity contribution >= 4 is 33.7 Å². The summed E-state index contributed by atoms with van der Waals surface area (Å²) < 4.78 is 5.42. The van der Waals surface area contributed by atoms with E-state index in [9.17, 15) is 9.59 Å². The van der Waals surface area contributed by atoms with Crippen LogP contribution in [0.4, 0.5) is 0 Å². The molecule has 6 N–H and O–H groups in total. The van der Waals surface area contributed by atoms with E-state index in [2.05, 4.69) is 9.97 Å². The van der Waals surface area contributed by atoms with Crippen molar-refractivity contribution in [1.82, 2.24) is 9.97 Å². The van der Waals surface area contributed by atoms with Crippen LogP contribution in [0.3, 0.4) is 0 Å². The number of carbonyl (C=O) groups is 2. The monoisotopic (exact) mass is 376 g/mol. The lowest BCUT2D eigenvalue weighted by Gasteiger charge is -2.17. The highest BCUT2D eigenvalue weighted by Gasteiger charge is 2.28. The zero-order chi connectivity index (χ0) is 19.7. The van der Waals surface area contributed by atoms with E-state index >= 15 is 0 Å². The summed E-state index contributed by atoms with van der Waals surface area (Å²) >= 11 is 0. The number of nitrogens with one attached hydrogen (secondary N) is 2. The quantitative estimate of drug-likeness (QED) is 0.385. The third-order valence-electron chi connectivity index (χ3n) is 4.81. The Kier molecular flexibility index (Phi) is 4.58. The zero-order valence-electron chi connectivity index (χ0n) is 15.0. The molecule has 2 heterocycles. The fourth-order valence-corrected chi connectivity index (χ4v) is 3.41. The molecule has 0 aliphatic heterocycles. The molecule has 0 aliphatic carbocycles. The number of hydrogen-bond acceptors (Lipinski definition) is 4. The molecule has 7 heteroatoms. The molecule has 1 amide bonds. The molecule has 0 bridgehead atoms. The van der Waals surface area contributed by atoms with Gasteiger partial charge in [-0.1, -0.05) is 36.4 Å². The van der Waals surface area contributed by atoms with Crippen LogP contribution < -0.4 is 11.5 Å². The van der Waals surface area contributed by atoms with E-state index in [1.54, 1.807) is 6.20 Å². The van der Waals surface area contributed by atoms with Crippen molar-refractivity contribution in [2.75, 3.05) is 0 Å². The first-order valence-electron chi connectivity index (χ1n) is 8.91. The van der Waals surface area contributed by atoms with Gasteiger partial charge in [-0.2, -0.15) is 0 Å². The summed E-state index contributed by atoms with van der Waals surface area (Å²) in [5.41, 5.74) is 14.8. The van der Waals surface area contributed by atoms with Crippen LogP contribution in [0.25, 0.3) is 21.8 Å². The summed E-state index contributed by atoms with van der Waals surface area (Å²) in [7, 11) is 0. The lowest BCUT2D eigenvalue weighted by atomic mass is 10.0. The number of fused-ring (bicyclic) bond motifs is 2. The Balaban J connectivity index is 1.54. The second kappa shape index (κ2) is 7.21. The normalized spacial score (nSPS) is 13.5. The molecular formula is C21H20N4O3. The van der Waals surface area contributed by atoms with E-state index in [4.69, 9.17) is 16.2 Å². The van der Waals surface area contributed by atoms with Crippen LogP contribution in [0.15, 0.2) is 60.9 Å². The van der Waals surface area contributed by atoms with Gasteiger partial charge in [0, 0.05) is 46.2 Å². The van der Waals surface area contributed by atoms with Gasteiger partial charge < -0.3 is 26.2 Å². The molecule has 0 radical (unpaired) electrons. The highest BCUT2D eigenvalue weighted by atomic mass is 16.5. The molecule has 0 saturated heterocycles. The van der Waals surface area contributed by atoms with Gasteiger partial charge in [-0.3, -0.25) is 9.59 Å². The van der Waals surface area contributed by atoms with Crippen molar-refractivity contribution in [3.63, 3.8) is 0 Å². The maximum Gasteiger partial charge on any atom is 0.324 e. The number of ether oxygens (including phenoxy) is 1. The van der Waals surface area contributed by atoms with E-state index in [0.717, 1.165) is 27.4 Å². The molecule has 0 aliphatic rings. The average Bonchev–Trinajstić information content (AvgIpc) is 3.30. The SMILES string of the molecule is NC(=O)C(OC(=O)[C@@H](N)Cc1c[nH]c2ccccc12)c1c[nH]c2ccccc12. The molecule has 2 aromatic carbocycles. The number of carbonyl (C=O) groups excluding carboxylic acids is 2. The Morgan fingerprint density at radius 2 is 1.54 bits per heavy atom. The average molecular weight is 376 g/mol. The standard InChI is InChI=1S/C21H20N4O3/c22-16(9-12-10-24-17-7-3-1-5-13(12)17)21(27)28-19(20(23)26)15-11-25-18-8-4-2-6-14(15)18/h1-8,10-11,16,19,24-25H,9,22H2,(H2,23,26)/t16-,19?/m0/s1. The fraction of sp³-hybridized carbons (Fsp3) is 0.143. The van der Waals surface area contributed by atoms with Gasteiger partial charge in [-0.05, 0) is 17.7 Å². The number of nitrogens with two attached hydrogens (primary N) is 2. The van der Waals surface area contributed by atoms with Crippen molar-refractivity contribution in [3.8, 4) is 0 Å². The van der Waals surface area contributed by atoms with Gasteiger partial charge in [0.05, 0.1) is 0 Å². The number of rotatable bonds is 6. The summed E-state index contributed by atoms with van der Waals surface area (Å²) in [6.07, 6.45) is 2.52. The molecule has 1 unspecified atom stereocenters. The van der Waals surface area contributed by atoms with Crippen LogP contribution in [0, 0.1) is 0 Å². The van der Waals surface area contributed by atoms with Gasteiger partial charge in [-0.25, -0.2) is 0 Å². The van der Waals surface area contributed by atoms with Gasteiger partial charge in [0.15, 0.2) is 0 Å². The number of primary amides is 1. The Morgan fingerprint density at radius 1 is 0.929 bits per heavy atom. The minimum atomic E-state index is -1.21. The Morgan fingerprint density at radius 3 is 2.25 bits per heavy atom. The summed E-state index contributed by atoms with van der Waals surface area (Å²) in [4.78, 5) is 30.7. The largest absolute Gasteiger partial charge is 0.446 e. The predicted molar refractivity (Wildman–Crippen MR) is 106 cm³/mol. The fourth-order valence-electron chi connectivity index (χ4n) is 3.41. The van der Waals surface area contributed by atoms with Crippen molar-refractivity contribution in [3.05, 3.63) is 72.1 Å². The molecule has 7 nitrogen and oxygen atoms in total. The van der Waals surface area contributed by atoms with Gasteiger partial charge in [0.25, 0.3) is 5.91 Å². The van der Waals surface area contributed by atoms with Crippen molar-refractivity contribution < 1.29 is 14.3 Å². The lowest BCUT2D eigenvalue weighted by molar-refractivity contribution is -0.156. The first-order valence-corrected chi connectivity index (χ1v) is 8.91. The van der Waals surface area contributed by atoms with E-state index in [1.807, 2.05) is 54.7 Å². The molecule has 0 saturated carbocycles. The maximum atomic E-state index is 12.6. The lowest BCUT2D eigenvalue weighted by Crippen LogP contribution is -2.37. The van der Waals surface area contributed by atoms with Crippen LogP contribution in [0.1, 0.15) is 17.2 Å². The van der Waals surface area contributed by atoms with E-state index in [-0.39, 0.29) is 6.42 Å². The van der Waals surface area contributed by atoms with Crippen LogP contribution in [-0.2, 0) is 20.7 Å². The topological polar surface area (TPSA) is 127 Å². The van der Waals surface area contributed by atoms with Gasteiger partial charge in [0.2, 0.25) is 6.10 Å². The number of aromatic nitrogens is 2. The van der Waals surface area contributed by atoms with Crippen LogP contribution in [0.2, 0.25) is 0 Å². The highest BCUT2D eigenvalue weighted by molar-refractivity contribution is 5.92. The second-order valence-electron chi connectivity index (χ2n) is 6.68. The van der Waals surface area contributed by atoms with Crippen molar-refractivity contribution in [2.24, 2.45) is 11.5 Å². The van der Waals surface area contributed by atoms with Crippen LogP contribution >= 0.6 is 0 Å². The van der Waals surface area contributed by atoms with E-state index in [1.165, 1.54) is 0 Å². The van der Waals surface area contributed by atoms with Crippen LogP contribution in [-0.4, -0.2) is 27.9 Å². The third kappa shape index (κ3) is 3.23. The molecule has 2 aromatic heterocycles. The summed E-state index contributed by atoms with van der Waals surface area (Å²) in [5, 5.41) is 1.76. The van der Waals surface area contributed by atoms with Gasteiger partial charge in [-0.15, -0.1) is 0 Å². The summed E-state index contributed by atoms with van der Waals surface area (Å²) in [5.74, 6) is -1.43. The number of hydrogen-bond donors (Lipinski definition) is 4. The van der Waals surface area contributed by atoms with Crippen LogP contribution in [0.5, 0.6) is 0 Å². The minimum absolute atomic E-state index is 0.280. The molecule has 0 fully saturated rings. The highest BCUT2D eigenvalue weighted by Crippen LogP contribution is 2.27. The Bertz CT molecular complexity index is 1160. The number of H-pyrrole nitrogens is 2. The first kappa shape index (κ1) is 17.8. The molecule has 142 valence electrons. The molecule has 0 spiro atoms. The van der Waals surface area contributed by atoms with Crippen molar-refractivity contribution in [1.29, 1.82) is 0 Å². The van der Waals surface area contributed by atoms with E-state index in [0.29, 0.717) is 5.56 Å².